The molecule has 122 valence electrons. The molecule has 0 saturated carbocycles. The Morgan fingerprint density at radius 3 is 2.14 bits per heavy atom. The number of alkyl halides is 1. The highest BCUT2D eigenvalue weighted by Gasteiger charge is 2.14. The molecule has 1 aromatic rings. The van der Waals surface area contributed by atoms with E-state index in [9.17, 15) is 0 Å². The number of unbranched alkanes of at least 4 members (excludes halogenated alkanes) is 8. The van der Waals surface area contributed by atoms with Gasteiger partial charge in [-0.1, -0.05) is 76.8 Å². The van der Waals surface area contributed by atoms with Crippen LogP contribution in [0.25, 0.3) is 0 Å². The van der Waals surface area contributed by atoms with Crippen LogP contribution in [-0.2, 0) is 6.42 Å². The van der Waals surface area contributed by atoms with Gasteiger partial charge >= 0.3 is 0 Å². The largest absolute Gasteiger partial charge is 0.339 e. The van der Waals surface area contributed by atoms with Gasteiger partial charge in [0.2, 0.25) is 5.89 Å². The lowest BCUT2D eigenvalue weighted by Gasteiger charge is -2.01. The summed E-state index contributed by atoms with van der Waals surface area (Å²) in [6.07, 6.45) is 14.8. The van der Waals surface area contributed by atoms with Crippen LogP contribution in [0.3, 0.4) is 0 Å². The number of hydrogen-bond donors (Lipinski definition) is 0. The van der Waals surface area contributed by atoms with Gasteiger partial charge < -0.3 is 4.52 Å². The summed E-state index contributed by atoms with van der Waals surface area (Å²) in [6, 6.07) is 0. The fourth-order valence-corrected chi connectivity index (χ4v) is 2.77. The molecule has 1 heterocycles. The SMILES string of the molecule is CCCCCCCCCCCc1nc(C(Cl)CCC)no1. The number of halogens is 1. The third-order valence-corrected chi connectivity index (χ3v) is 4.21. The number of nitrogens with zero attached hydrogens (tertiary/aromatic N) is 2. The minimum Gasteiger partial charge on any atom is -0.339 e. The van der Waals surface area contributed by atoms with Crippen LogP contribution >= 0.6 is 11.6 Å². The van der Waals surface area contributed by atoms with Crippen molar-refractivity contribution in [2.24, 2.45) is 0 Å². The normalized spacial score (nSPS) is 12.7. The van der Waals surface area contributed by atoms with E-state index in [2.05, 4.69) is 24.0 Å². The molecule has 1 unspecified atom stereocenters. The first-order valence-corrected chi connectivity index (χ1v) is 9.18. The van der Waals surface area contributed by atoms with Crippen molar-refractivity contribution in [3.05, 3.63) is 11.7 Å². The molecule has 21 heavy (non-hydrogen) atoms. The van der Waals surface area contributed by atoms with Crippen molar-refractivity contribution in [1.82, 2.24) is 10.1 Å². The van der Waals surface area contributed by atoms with Gasteiger partial charge in [0, 0.05) is 6.42 Å². The molecule has 0 aliphatic rings. The molecule has 0 radical (unpaired) electrons. The topological polar surface area (TPSA) is 38.9 Å². The van der Waals surface area contributed by atoms with Crippen LogP contribution in [0, 0.1) is 0 Å². The summed E-state index contributed by atoms with van der Waals surface area (Å²) in [7, 11) is 0. The van der Waals surface area contributed by atoms with E-state index >= 15 is 0 Å². The van der Waals surface area contributed by atoms with Gasteiger partial charge in [0.1, 0.15) is 0 Å². The summed E-state index contributed by atoms with van der Waals surface area (Å²) >= 11 is 6.19. The molecule has 0 fully saturated rings. The standard InChI is InChI=1S/C17H31ClN2O/c1-3-5-6-7-8-9-10-11-12-14-16-19-17(20-21-16)15(18)13-4-2/h15H,3-14H2,1-2H3. The summed E-state index contributed by atoms with van der Waals surface area (Å²) < 4.78 is 5.26. The monoisotopic (exact) mass is 314 g/mol. The van der Waals surface area contributed by atoms with Crippen molar-refractivity contribution < 1.29 is 4.52 Å². The first-order chi connectivity index (χ1) is 10.3. The van der Waals surface area contributed by atoms with Crippen molar-refractivity contribution in [3.63, 3.8) is 0 Å². The lowest BCUT2D eigenvalue weighted by Crippen LogP contribution is -1.93. The molecule has 0 bridgehead atoms. The number of aryl methyl sites for hydroxylation is 1. The molecule has 0 saturated heterocycles. The Kier molecular flexibility index (Phi) is 10.6. The average Bonchev–Trinajstić information content (AvgIpc) is 2.95. The van der Waals surface area contributed by atoms with E-state index in [4.69, 9.17) is 16.1 Å². The van der Waals surface area contributed by atoms with Gasteiger partial charge in [0.05, 0.1) is 5.38 Å². The number of aromatic nitrogens is 2. The van der Waals surface area contributed by atoms with E-state index in [0.29, 0.717) is 5.82 Å². The molecule has 0 aromatic carbocycles. The molecule has 0 amide bonds. The maximum Gasteiger partial charge on any atom is 0.226 e. The molecule has 0 N–H and O–H groups in total. The van der Waals surface area contributed by atoms with E-state index in [-0.39, 0.29) is 5.38 Å². The van der Waals surface area contributed by atoms with E-state index in [0.717, 1.165) is 31.6 Å². The Morgan fingerprint density at radius 2 is 1.52 bits per heavy atom. The van der Waals surface area contributed by atoms with Crippen LogP contribution in [0.2, 0.25) is 0 Å². The molecule has 0 aliphatic heterocycles. The number of hydrogen-bond acceptors (Lipinski definition) is 3. The van der Waals surface area contributed by atoms with Gasteiger partial charge in [-0.25, -0.2) is 0 Å². The van der Waals surface area contributed by atoms with Gasteiger partial charge in [-0.3, -0.25) is 0 Å². The van der Waals surface area contributed by atoms with Crippen molar-refractivity contribution in [1.29, 1.82) is 0 Å². The van der Waals surface area contributed by atoms with Gasteiger partial charge in [-0.05, 0) is 12.8 Å². The Bertz CT molecular complexity index is 354. The Labute approximate surface area is 134 Å². The lowest BCUT2D eigenvalue weighted by molar-refractivity contribution is 0.367. The average molecular weight is 315 g/mol. The van der Waals surface area contributed by atoms with Crippen LogP contribution in [0.4, 0.5) is 0 Å². The van der Waals surface area contributed by atoms with Crippen LogP contribution in [0.15, 0.2) is 4.52 Å². The number of rotatable bonds is 13. The second-order valence-corrected chi connectivity index (χ2v) is 6.41. The fraction of sp³-hybridized carbons (Fsp3) is 0.882. The molecule has 4 heteroatoms. The first kappa shape index (κ1) is 18.5. The van der Waals surface area contributed by atoms with Gasteiger partial charge in [0.15, 0.2) is 5.82 Å². The molecular weight excluding hydrogens is 284 g/mol. The third kappa shape index (κ3) is 8.45. The first-order valence-electron chi connectivity index (χ1n) is 8.74. The van der Waals surface area contributed by atoms with Crippen molar-refractivity contribution in [3.8, 4) is 0 Å². The van der Waals surface area contributed by atoms with Crippen LogP contribution < -0.4 is 0 Å². The predicted molar refractivity (Wildman–Crippen MR) is 88.7 cm³/mol. The minimum atomic E-state index is -0.101. The highest BCUT2D eigenvalue weighted by atomic mass is 35.5. The van der Waals surface area contributed by atoms with Crippen molar-refractivity contribution >= 4 is 11.6 Å². The third-order valence-electron chi connectivity index (χ3n) is 3.80. The molecule has 3 nitrogen and oxygen atoms in total. The Balaban J connectivity index is 2.03. The summed E-state index contributed by atoms with van der Waals surface area (Å²) in [5.74, 6) is 1.40. The zero-order chi connectivity index (χ0) is 15.3. The maximum absolute atomic E-state index is 6.19. The second-order valence-electron chi connectivity index (χ2n) is 5.88. The zero-order valence-electron chi connectivity index (χ0n) is 13.7. The highest BCUT2D eigenvalue weighted by Crippen LogP contribution is 2.23. The van der Waals surface area contributed by atoms with E-state index in [1.165, 1.54) is 51.4 Å². The zero-order valence-corrected chi connectivity index (χ0v) is 14.5. The van der Waals surface area contributed by atoms with Crippen molar-refractivity contribution in [2.45, 2.75) is 96.3 Å². The summed E-state index contributed by atoms with van der Waals surface area (Å²) in [5.41, 5.74) is 0. The van der Waals surface area contributed by atoms with Gasteiger partial charge in [0.25, 0.3) is 0 Å². The second kappa shape index (κ2) is 12.0. The lowest BCUT2D eigenvalue weighted by atomic mass is 10.1. The summed E-state index contributed by atoms with van der Waals surface area (Å²) in [6.45, 7) is 4.37. The summed E-state index contributed by atoms with van der Waals surface area (Å²) in [4.78, 5) is 4.39. The predicted octanol–water partition coefficient (Wildman–Crippen LogP) is 6.22. The van der Waals surface area contributed by atoms with Gasteiger partial charge in [-0.2, -0.15) is 4.98 Å². The molecule has 1 aromatic heterocycles. The Hall–Kier alpha value is -0.570. The van der Waals surface area contributed by atoms with Crippen LogP contribution in [0.5, 0.6) is 0 Å². The summed E-state index contributed by atoms with van der Waals surface area (Å²) in [5, 5.41) is 3.87. The molecule has 1 atom stereocenters. The quantitative estimate of drug-likeness (QED) is 0.320. The molecule has 1 rings (SSSR count). The van der Waals surface area contributed by atoms with E-state index < -0.39 is 0 Å². The maximum atomic E-state index is 6.19. The van der Waals surface area contributed by atoms with E-state index in [1.807, 2.05) is 0 Å². The minimum absolute atomic E-state index is 0.101. The molecule has 0 aliphatic carbocycles. The van der Waals surface area contributed by atoms with Crippen LogP contribution in [-0.4, -0.2) is 10.1 Å². The highest BCUT2D eigenvalue weighted by molar-refractivity contribution is 6.20. The van der Waals surface area contributed by atoms with Crippen LogP contribution in [0.1, 0.15) is 102 Å². The fourth-order valence-electron chi connectivity index (χ4n) is 2.47. The van der Waals surface area contributed by atoms with Crippen molar-refractivity contribution in [2.75, 3.05) is 0 Å². The Morgan fingerprint density at radius 1 is 0.905 bits per heavy atom. The molecular formula is C17H31ClN2O. The smallest absolute Gasteiger partial charge is 0.226 e. The van der Waals surface area contributed by atoms with Gasteiger partial charge in [-0.15, -0.1) is 11.6 Å². The molecule has 0 spiro atoms. The van der Waals surface area contributed by atoms with E-state index in [1.54, 1.807) is 0 Å².